The molecular weight excluding hydrogens is 475 g/mol. The number of aliphatic hydroxyl groups is 1. The zero-order valence-corrected chi connectivity index (χ0v) is 21.4. The van der Waals surface area contributed by atoms with Gasteiger partial charge in [0.25, 0.3) is 11.7 Å². The van der Waals surface area contributed by atoms with Gasteiger partial charge in [-0.2, -0.15) is 0 Å². The minimum atomic E-state index is -0.782. The van der Waals surface area contributed by atoms with Gasteiger partial charge < -0.3 is 19.6 Å². The molecule has 0 saturated carbocycles. The maximum atomic E-state index is 13.1. The number of hydrogen-bond donors (Lipinski definition) is 1. The lowest BCUT2D eigenvalue weighted by Gasteiger charge is -2.26. The van der Waals surface area contributed by atoms with Crippen LogP contribution < -0.4 is 4.74 Å². The number of unbranched alkanes of at least 4 members (excludes halogenated alkanes) is 1. The predicted octanol–water partition coefficient (Wildman–Crippen LogP) is 5.46. The van der Waals surface area contributed by atoms with Crippen LogP contribution in [0.15, 0.2) is 42.0 Å². The number of ether oxygens (including phenoxy) is 1. The third kappa shape index (κ3) is 5.57. The molecule has 3 rings (SSSR count). The summed E-state index contributed by atoms with van der Waals surface area (Å²) in [5.41, 5.74) is 1.90. The molecule has 1 saturated heterocycles. The number of hydrogen-bond acceptors (Lipinski definition) is 5. The Labute approximate surface area is 210 Å². The number of likely N-dealkylation sites (tertiary alicyclic amines) is 1. The Kier molecular flexibility index (Phi) is 8.63. The van der Waals surface area contributed by atoms with Crippen molar-refractivity contribution >= 4 is 40.7 Å². The molecular formula is C26H30Cl2N2O4. The van der Waals surface area contributed by atoms with Crippen LogP contribution in [0.1, 0.15) is 42.5 Å². The number of nitrogens with zero attached hydrogens (tertiary/aromatic N) is 2. The smallest absolute Gasteiger partial charge is 0.295 e. The highest BCUT2D eigenvalue weighted by Crippen LogP contribution is 2.41. The highest BCUT2D eigenvalue weighted by Gasteiger charge is 2.46. The van der Waals surface area contributed by atoms with Crippen molar-refractivity contribution in [3.63, 3.8) is 0 Å². The Bertz CT molecular complexity index is 1110. The molecule has 1 amide bonds. The van der Waals surface area contributed by atoms with Crippen molar-refractivity contribution in [3.05, 3.63) is 68.7 Å². The van der Waals surface area contributed by atoms with Gasteiger partial charge in [0.2, 0.25) is 0 Å². The summed E-state index contributed by atoms with van der Waals surface area (Å²) in [4.78, 5) is 29.5. The van der Waals surface area contributed by atoms with E-state index in [-0.39, 0.29) is 11.3 Å². The van der Waals surface area contributed by atoms with Gasteiger partial charge in [-0.3, -0.25) is 9.59 Å². The monoisotopic (exact) mass is 504 g/mol. The standard InChI is InChI=1S/C26H30Cl2N2O4/c1-5-6-13-34-21-10-8-18(14-16(21)2)24(31)22-23(17-7-9-19(27)20(28)15-17)30(12-11-29(3)4)26(33)25(22)32/h7-10,14-15,23,31H,5-6,11-13H2,1-4H3/b24-22+/t23-/m0/s1. The second-order valence-electron chi connectivity index (χ2n) is 8.65. The number of aliphatic hydroxyl groups excluding tert-OH is 1. The quantitative estimate of drug-likeness (QED) is 0.212. The van der Waals surface area contributed by atoms with Gasteiger partial charge in [0.05, 0.1) is 28.3 Å². The number of ketones is 1. The molecule has 6 nitrogen and oxygen atoms in total. The molecule has 0 unspecified atom stereocenters. The third-order valence-electron chi connectivity index (χ3n) is 5.79. The first-order valence-corrected chi connectivity index (χ1v) is 12.0. The van der Waals surface area contributed by atoms with Gasteiger partial charge in [0.1, 0.15) is 11.5 Å². The maximum Gasteiger partial charge on any atom is 0.295 e. The largest absolute Gasteiger partial charge is 0.507 e. The topological polar surface area (TPSA) is 70.1 Å². The van der Waals surface area contributed by atoms with Gasteiger partial charge >= 0.3 is 0 Å². The lowest BCUT2D eigenvalue weighted by Crippen LogP contribution is -2.35. The molecule has 0 aliphatic carbocycles. The Balaban J connectivity index is 2.08. The number of likely N-dealkylation sites (N-methyl/N-ethyl adjacent to an activating group) is 1. The van der Waals surface area contributed by atoms with Crippen LogP contribution in [0.25, 0.3) is 5.76 Å². The fourth-order valence-corrected chi connectivity index (χ4v) is 4.19. The highest BCUT2D eigenvalue weighted by atomic mass is 35.5. The normalized spacial score (nSPS) is 17.6. The number of Topliss-reactive ketones (excluding diaryl/α,β-unsaturated/α-hetero) is 1. The second kappa shape index (κ2) is 11.3. The summed E-state index contributed by atoms with van der Waals surface area (Å²) in [7, 11) is 3.77. The molecule has 8 heteroatoms. The molecule has 1 heterocycles. The summed E-state index contributed by atoms with van der Waals surface area (Å²) < 4.78 is 5.80. The van der Waals surface area contributed by atoms with E-state index in [1.165, 1.54) is 4.90 Å². The van der Waals surface area contributed by atoms with E-state index >= 15 is 0 Å². The zero-order valence-electron chi connectivity index (χ0n) is 19.9. The van der Waals surface area contributed by atoms with E-state index in [9.17, 15) is 14.7 Å². The molecule has 0 bridgehead atoms. The molecule has 2 aromatic carbocycles. The Morgan fingerprint density at radius 2 is 1.85 bits per heavy atom. The van der Waals surface area contributed by atoms with E-state index in [1.54, 1.807) is 36.4 Å². The van der Waals surface area contributed by atoms with Crippen molar-refractivity contribution in [3.8, 4) is 5.75 Å². The molecule has 1 N–H and O–H groups in total. The van der Waals surface area contributed by atoms with Crippen molar-refractivity contribution in [2.45, 2.75) is 32.7 Å². The zero-order chi connectivity index (χ0) is 25.0. The van der Waals surface area contributed by atoms with E-state index in [1.807, 2.05) is 25.9 Å². The first-order valence-electron chi connectivity index (χ1n) is 11.3. The Morgan fingerprint density at radius 3 is 2.47 bits per heavy atom. The van der Waals surface area contributed by atoms with Gasteiger partial charge in [-0.25, -0.2) is 0 Å². The van der Waals surface area contributed by atoms with Crippen LogP contribution in [0.3, 0.4) is 0 Å². The van der Waals surface area contributed by atoms with Gasteiger partial charge in [0, 0.05) is 18.7 Å². The number of amides is 1. The molecule has 0 spiro atoms. The molecule has 34 heavy (non-hydrogen) atoms. The van der Waals surface area contributed by atoms with Crippen LogP contribution in [0.2, 0.25) is 10.0 Å². The summed E-state index contributed by atoms with van der Waals surface area (Å²) in [6.45, 7) is 5.44. The molecule has 182 valence electrons. The number of carbonyl (C=O) groups is 2. The fraction of sp³-hybridized carbons (Fsp3) is 0.385. The molecule has 1 atom stereocenters. The number of carbonyl (C=O) groups excluding carboxylic acids is 2. The lowest BCUT2D eigenvalue weighted by molar-refractivity contribution is -0.140. The minimum Gasteiger partial charge on any atom is -0.507 e. The molecule has 2 aromatic rings. The van der Waals surface area contributed by atoms with E-state index in [4.69, 9.17) is 27.9 Å². The first kappa shape index (κ1) is 26.1. The van der Waals surface area contributed by atoms with Crippen molar-refractivity contribution in [2.75, 3.05) is 33.8 Å². The van der Waals surface area contributed by atoms with E-state index < -0.39 is 17.7 Å². The van der Waals surface area contributed by atoms with E-state index in [0.29, 0.717) is 40.9 Å². The average molecular weight is 505 g/mol. The molecule has 0 aromatic heterocycles. The predicted molar refractivity (Wildman–Crippen MR) is 136 cm³/mol. The SMILES string of the molecule is CCCCOc1ccc(/C(O)=C2\C(=O)C(=O)N(CCN(C)C)[C@H]2c2ccc(Cl)c(Cl)c2)cc1C. The average Bonchev–Trinajstić information content (AvgIpc) is 3.05. The minimum absolute atomic E-state index is 0.0289. The van der Waals surface area contributed by atoms with Crippen molar-refractivity contribution in [2.24, 2.45) is 0 Å². The summed E-state index contributed by atoms with van der Waals surface area (Å²) in [5, 5.41) is 11.9. The maximum absolute atomic E-state index is 13.1. The third-order valence-corrected chi connectivity index (χ3v) is 6.53. The summed E-state index contributed by atoms with van der Waals surface area (Å²) in [5.74, 6) is -0.897. The lowest BCUT2D eigenvalue weighted by atomic mass is 9.94. The molecule has 1 aliphatic rings. The highest BCUT2D eigenvalue weighted by molar-refractivity contribution is 6.46. The van der Waals surface area contributed by atoms with E-state index in [0.717, 1.165) is 24.2 Å². The number of aryl methyl sites for hydroxylation is 1. The summed E-state index contributed by atoms with van der Waals surface area (Å²) >= 11 is 12.4. The first-order chi connectivity index (χ1) is 16.1. The fourth-order valence-electron chi connectivity index (χ4n) is 3.89. The Morgan fingerprint density at radius 1 is 1.12 bits per heavy atom. The van der Waals surface area contributed by atoms with Crippen molar-refractivity contribution < 1.29 is 19.4 Å². The molecule has 0 radical (unpaired) electrons. The molecule has 1 aliphatic heterocycles. The van der Waals surface area contributed by atoms with Gasteiger partial charge in [-0.05, 0) is 68.9 Å². The summed E-state index contributed by atoms with van der Waals surface area (Å²) in [6, 6.07) is 9.42. The van der Waals surface area contributed by atoms with Crippen molar-refractivity contribution in [1.29, 1.82) is 0 Å². The van der Waals surface area contributed by atoms with Crippen LogP contribution >= 0.6 is 23.2 Å². The summed E-state index contributed by atoms with van der Waals surface area (Å²) in [6.07, 6.45) is 1.97. The number of rotatable bonds is 9. The van der Waals surface area contributed by atoms with Gasteiger partial charge in [-0.1, -0.05) is 42.6 Å². The number of benzene rings is 2. The van der Waals surface area contributed by atoms with Crippen LogP contribution in [0.5, 0.6) is 5.75 Å². The molecule has 1 fully saturated rings. The second-order valence-corrected chi connectivity index (χ2v) is 9.47. The van der Waals surface area contributed by atoms with Crippen LogP contribution in [-0.4, -0.2) is 60.4 Å². The number of halogens is 2. The Hall–Kier alpha value is -2.54. The van der Waals surface area contributed by atoms with Crippen LogP contribution in [0, 0.1) is 6.92 Å². The van der Waals surface area contributed by atoms with Crippen LogP contribution in [0.4, 0.5) is 0 Å². The van der Waals surface area contributed by atoms with E-state index in [2.05, 4.69) is 6.92 Å². The van der Waals surface area contributed by atoms with Crippen molar-refractivity contribution in [1.82, 2.24) is 9.80 Å². The van der Waals surface area contributed by atoms with Gasteiger partial charge in [0.15, 0.2) is 0 Å². The van der Waals surface area contributed by atoms with Gasteiger partial charge in [-0.15, -0.1) is 0 Å². The van der Waals surface area contributed by atoms with Crippen LogP contribution in [-0.2, 0) is 9.59 Å².